The lowest BCUT2D eigenvalue weighted by Gasteiger charge is -1.97. The topological polar surface area (TPSA) is 52.3 Å². The Hall–Kier alpha value is -0.830. The predicted octanol–water partition coefficient (Wildman–Crippen LogP) is 0.309. The molecule has 1 rings (SSSR count). The van der Waals surface area contributed by atoms with Gasteiger partial charge in [0.15, 0.2) is 0 Å². The van der Waals surface area contributed by atoms with Gasteiger partial charge in [0.05, 0.1) is 12.5 Å². The largest absolute Gasteiger partial charge is 0.466 e. The van der Waals surface area contributed by atoms with Crippen LogP contribution in [0.1, 0.15) is 6.92 Å². The predicted molar refractivity (Wildman–Crippen MR) is 41.8 cm³/mol. The van der Waals surface area contributed by atoms with Gasteiger partial charge in [0.2, 0.25) is 0 Å². The molecule has 0 spiro atoms. The van der Waals surface area contributed by atoms with Crippen molar-refractivity contribution < 1.29 is 9.53 Å². The van der Waals surface area contributed by atoms with Crippen molar-refractivity contribution in [3.8, 4) is 0 Å². The summed E-state index contributed by atoms with van der Waals surface area (Å²) >= 11 is 0. The number of rotatable bonds is 3. The van der Waals surface area contributed by atoms with Crippen LogP contribution in [0.2, 0.25) is 0 Å². The van der Waals surface area contributed by atoms with E-state index in [1.807, 2.05) is 0 Å². The highest BCUT2D eigenvalue weighted by Crippen LogP contribution is 2.38. The molecule has 0 aromatic rings. The van der Waals surface area contributed by atoms with Crippen molar-refractivity contribution >= 4 is 5.97 Å². The highest BCUT2D eigenvalue weighted by Gasteiger charge is 2.51. The second-order valence-electron chi connectivity index (χ2n) is 2.67. The molecular weight excluding hydrogens is 142 g/mol. The summed E-state index contributed by atoms with van der Waals surface area (Å²) in [5.74, 6) is -0.189. The first-order valence-electron chi connectivity index (χ1n) is 3.77. The van der Waals surface area contributed by atoms with Crippen molar-refractivity contribution in [2.24, 2.45) is 17.6 Å². The summed E-state index contributed by atoms with van der Waals surface area (Å²) in [7, 11) is 0. The number of nitrogens with two attached hydrogens (primary N) is 1. The van der Waals surface area contributed by atoms with Crippen LogP contribution in [0, 0.1) is 11.8 Å². The molecule has 3 heteroatoms. The molecule has 2 N–H and O–H groups in total. The third-order valence-electron chi connectivity index (χ3n) is 1.96. The average molecular weight is 155 g/mol. The average Bonchev–Trinajstić information content (AvgIpc) is 2.61. The molecule has 0 heterocycles. The lowest BCUT2D eigenvalue weighted by Crippen LogP contribution is -2.13. The molecule has 1 aliphatic carbocycles. The molecule has 1 aliphatic rings. The SMILES string of the molecule is C=C[C@@H]1C(C(=O)OCC)[C@H]1N. The van der Waals surface area contributed by atoms with Crippen LogP contribution < -0.4 is 5.73 Å². The molecule has 11 heavy (non-hydrogen) atoms. The fourth-order valence-corrected chi connectivity index (χ4v) is 1.22. The van der Waals surface area contributed by atoms with Crippen LogP contribution in [0.4, 0.5) is 0 Å². The zero-order chi connectivity index (χ0) is 8.43. The molecule has 1 fully saturated rings. The van der Waals surface area contributed by atoms with E-state index >= 15 is 0 Å². The van der Waals surface area contributed by atoms with Crippen molar-refractivity contribution in [3.05, 3.63) is 12.7 Å². The van der Waals surface area contributed by atoms with Crippen LogP contribution in [0.3, 0.4) is 0 Å². The summed E-state index contributed by atoms with van der Waals surface area (Å²) in [4.78, 5) is 11.0. The number of hydrogen-bond acceptors (Lipinski definition) is 3. The first-order chi connectivity index (χ1) is 5.22. The fraction of sp³-hybridized carbons (Fsp3) is 0.625. The van der Waals surface area contributed by atoms with E-state index in [0.29, 0.717) is 6.61 Å². The van der Waals surface area contributed by atoms with Crippen LogP contribution >= 0.6 is 0 Å². The Morgan fingerprint density at radius 3 is 2.82 bits per heavy atom. The number of hydrogen-bond donors (Lipinski definition) is 1. The van der Waals surface area contributed by atoms with E-state index in [2.05, 4.69) is 6.58 Å². The number of carbonyl (C=O) groups excluding carboxylic acids is 1. The molecular formula is C8H13NO2. The first-order valence-corrected chi connectivity index (χ1v) is 3.77. The second kappa shape index (κ2) is 3.05. The second-order valence-corrected chi connectivity index (χ2v) is 2.67. The third kappa shape index (κ3) is 1.43. The Labute approximate surface area is 66.2 Å². The Morgan fingerprint density at radius 2 is 2.45 bits per heavy atom. The molecule has 3 nitrogen and oxygen atoms in total. The molecule has 0 radical (unpaired) electrons. The maximum atomic E-state index is 11.0. The zero-order valence-corrected chi connectivity index (χ0v) is 6.62. The van der Waals surface area contributed by atoms with Gasteiger partial charge in [-0.15, -0.1) is 6.58 Å². The van der Waals surface area contributed by atoms with Crippen molar-refractivity contribution in [3.63, 3.8) is 0 Å². The summed E-state index contributed by atoms with van der Waals surface area (Å²) < 4.78 is 4.80. The summed E-state index contributed by atoms with van der Waals surface area (Å²) in [6, 6.07) is -0.0634. The van der Waals surface area contributed by atoms with Crippen LogP contribution in [-0.2, 0) is 9.53 Å². The summed E-state index contributed by atoms with van der Waals surface area (Å²) in [5, 5.41) is 0. The van der Waals surface area contributed by atoms with Crippen LogP contribution in [0.25, 0.3) is 0 Å². The van der Waals surface area contributed by atoms with Gasteiger partial charge >= 0.3 is 5.97 Å². The van der Waals surface area contributed by atoms with E-state index in [1.54, 1.807) is 13.0 Å². The van der Waals surface area contributed by atoms with Gasteiger partial charge < -0.3 is 10.5 Å². The molecule has 0 bridgehead atoms. The van der Waals surface area contributed by atoms with Gasteiger partial charge in [0.1, 0.15) is 0 Å². The highest BCUT2D eigenvalue weighted by atomic mass is 16.5. The van der Waals surface area contributed by atoms with Gasteiger partial charge in [-0.3, -0.25) is 4.79 Å². The normalized spacial score (nSPS) is 34.5. The summed E-state index contributed by atoms with van der Waals surface area (Å²) in [6.45, 7) is 5.79. The van der Waals surface area contributed by atoms with Gasteiger partial charge in [0.25, 0.3) is 0 Å². The molecule has 0 saturated heterocycles. The minimum atomic E-state index is -0.190. The van der Waals surface area contributed by atoms with E-state index in [4.69, 9.17) is 10.5 Å². The molecule has 1 unspecified atom stereocenters. The van der Waals surface area contributed by atoms with Gasteiger partial charge in [-0.05, 0) is 6.92 Å². The minimum Gasteiger partial charge on any atom is -0.466 e. The van der Waals surface area contributed by atoms with Crippen molar-refractivity contribution in [2.75, 3.05) is 6.61 Å². The van der Waals surface area contributed by atoms with Gasteiger partial charge in [-0.2, -0.15) is 0 Å². The van der Waals surface area contributed by atoms with Gasteiger partial charge in [-0.1, -0.05) is 6.08 Å². The maximum Gasteiger partial charge on any atom is 0.311 e. The number of ether oxygens (including phenoxy) is 1. The van der Waals surface area contributed by atoms with Crippen LogP contribution in [0.5, 0.6) is 0 Å². The van der Waals surface area contributed by atoms with E-state index in [0.717, 1.165) is 0 Å². The lowest BCUT2D eigenvalue weighted by atomic mass is 10.3. The summed E-state index contributed by atoms with van der Waals surface area (Å²) in [5.41, 5.74) is 5.58. The van der Waals surface area contributed by atoms with Gasteiger partial charge in [-0.25, -0.2) is 0 Å². The third-order valence-corrected chi connectivity index (χ3v) is 1.96. The number of carbonyl (C=O) groups is 1. The maximum absolute atomic E-state index is 11.0. The molecule has 0 aliphatic heterocycles. The van der Waals surface area contributed by atoms with E-state index in [1.165, 1.54) is 0 Å². The quantitative estimate of drug-likeness (QED) is 0.471. The minimum absolute atomic E-state index is 0.0634. The molecule has 3 atom stereocenters. The Balaban J connectivity index is 2.39. The molecule has 0 aromatic heterocycles. The monoisotopic (exact) mass is 155 g/mol. The van der Waals surface area contributed by atoms with E-state index in [9.17, 15) is 4.79 Å². The van der Waals surface area contributed by atoms with Gasteiger partial charge in [0, 0.05) is 12.0 Å². The van der Waals surface area contributed by atoms with Crippen molar-refractivity contribution in [1.82, 2.24) is 0 Å². The molecule has 1 saturated carbocycles. The van der Waals surface area contributed by atoms with E-state index < -0.39 is 0 Å². The van der Waals surface area contributed by atoms with E-state index in [-0.39, 0.29) is 23.8 Å². The first kappa shape index (κ1) is 8.27. The fourth-order valence-electron chi connectivity index (χ4n) is 1.22. The van der Waals surface area contributed by atoms with Crippen molar-refractivity contribution in [1.29, 1.82) is 0 Å². The lowest BCUT2D eigenvalue weighted by molar-refractivity contribution is -0.144. The van der Waals surface area contributed by atoms with Crippen LogP contribution in [0.15, 0.2) is 12.7 Å². The molecule has 0 amide bonds. The Bertz CT molecular complexity index is 179. The standard InChI is InChI=1S/C8H13NO2/c1-3-5-6(7(5)9)8(10)11-4-2/h3,5-7H,1,4,9H2,2H3/t5-,6?,7+/m1/s1. The van der Waals surface area contributed by atoms with Crippen LogP contribution in [-0.4, -0.2) is 18.6 Å². The van der Waals surface area contributed by atoms with Crippen molar-refractivity contribution in [2.45, 2.75) is 13.0 Å². The highest BCUT2D eigenvalue weighted by molar-refractivity contribution is 5.78. The molecule has 0 aromatic carbocycles. The summed E-state index contributed by atoms with van der Waals surface area (Å²) in [6.07, 6.45) is 1.71. The smallest absolute Gasteiger partial charge is 0.311 e. The Kier molecular flexibility index (Phi) is 2.29. The molecule has 62 valence electrons. The Morgan fingerprint density at radius 1 is 1.82 bits per heavy atom. The zero-order valence-electron chi connectivity index (χ0n) is 6.62. The number of esters is 1.